The van der Waals surface area contributed by atoms with Crippen molar-refractivity contribution in [3.05, 3.63) is 35.2 Å². The van der Waals surface area contributed by atoms with Gasteiger partial charge in [0, 0.05) is 10.7 Å². The largest absolute Gasteiger partial charge is 0.373 e. The fourth-order valence-corrected chi connectivity index (χ4v) is 4.08. The topological polar surface area (TPSA) is 21.3 Å². The third kappa shape index (κ3) is 3.85. The maximum absolute atomic E-state index is 6.17. The summed E-state index contributed by atoms with van der Waals surface area (Å²) in [5, 5.41) is 7.24. The number of hydrogen-bond acceptors (Lipinski definition) is 3. The third-order valence-corrected chi connectivity index (χ3v) is 5.41. The molecule has 1 N–H and O–H groups in total. The first-order chi connectivity index (χ1) is 10.4. The molecule has 21 heavy (non-hydrogen) atoms. The van der Waals surface area contributed by atoms with Gasteiger partial charge in [-0.2, -0.15) is 0 Å². The first kappa shape index (κ1) is 15.0. The molecule has 1 aromatic carbocycles. The Balaban J connectivity index is 1.48. The van der Waals surface area contributed by atoms with E-state index in [1.165, 1.54) is 47.8 Å². The van der Waals surface area contributed by atoms with Gasteiger partial charge in [-0.1, -0.05) is 25.1 Å². The Kier molecular flexibility index (Phi) is 5.28. The highest BCUT2D eigenvalue weighted by atomic mass is 32.1. The molecule has 2 aromatic rings. The quantitative estimate of drug-likeness (QED) is 0.833. The van der Waals surface area contributed by atoms with Gasteiger partial charge in [-0.05, 0) is 61.0 Å². The Bertz CT molecular complexity index is 557. The Morgan fingerprint density at radius 3 is 2.81 bits per heavy atom. The SMILES string of the molecule is CCCNC1CCC(OCc2csc3ccccc23)CC1. The van der Waals surface area contributed by atoms with Crippen LogP contribution in [0, 0.1) is 0 Å². The molecule has 1 fully saturated rings. The van der Waals surface area contributed by atoms with E-state index < -0.39 is 0 Å². The number of ether oxygens (including phenoxy) is 1. The molecule has 114 valence electrons. The number of hydrogen-bond donors (Lipinski definition) is 1. The molecule has 2 nitrogen and oxygen atoms in total. The van der Waals surface area contributed by atoms with Crippen LogP contribution in [0.4, 0.5) is 0 Å². The zero-order valence-corrected chi connectivity index (χ0v) is 13.6. The molecule has 1 saturated carbocycles. The molecular weight excluding hydrogens is 278 g/mol. The van der Waals surface area contributed by atoms with Crippen LogP contribution in [-0.4, -0.2) is 18.7 Å². The van der Waals surface area contributed by atoms with Crippen LogP contribution in [-0.2, 0) is 11.3 Å². The predicted molar refractivity (Wildman–Crippen MR) is 91.0 cm³/mol. The molecule has 0 aliphatic heterocycles. The lowest BCUT2D eigenvalue weighted by atomic mass is 9.93. The van der Waals surface area contributed by atoms with E-state index in [4.69, 9.17) is 4.74 Å². The maximum Gasteiger partial charge on any atom is 0.0734 e. The normalized spacial score (nSPS) is 22.7. The van der Waals surface area contributed by atoms with E-state index in [1.807, 2.05) is 11.3 Å². The van der Waals surface area contributed by atoms with Gasteiger partial charge in [0.15, 0.2) is 0 Å². The van der Waals surface area contributed by atoms with Gasteiger partial charge in [0.05, 0.1) is 12.7 Å². The second-order valence-corrected chi connectivity index (χ2v) is 6.91. The van der Waals surface area contributed by atoms with Crippen LogP contribution in [0.5, 0.6) is 0 Å². The van der Waals surface area contributed by atoms with Gasteiger partial charge in [-0.3, -0.25) is 0 Å². The third-order valence-electron chi connectivity index (χ3n) is 4.39. The van der Waals surface area contributed by atoms with Gasteiger partial charge in [-0.25, -0.2) is 0 Å². The van der Waals surface area contributed by atoms with Gasteiger partial charge in [0.2, 0.25) is 0 Å². The average Bonchev–Trinajstić information content (AvgIpc) is 2.95. The molecule has 1 aliphatic carbocycles. The van der Waals surface area contributed by atoms with Crippen molar-refractivity contribution in [1.82, 2.24) is 5.32 Å². The highest BCUT2D eigenvalue weighted by Crippen LogP contribution is 2.28. The van der Waals surface area contributed by atoms with Crippen LogP contribution in [0.25, 0.3) is 10.1 Å². The van der Waals surface area contributed by atoms with Crippen molar-refractivity contribution in [3.8, 4) is 0 Å². The zero-order chi connectivity index (χ0) is 14.5. The van der Waals surface area contributed by atoms with E-state index in [1.54, 1.807) is 0 Å². The van der Waals surface area contributed by atoms with Crippen molar-refractivity contribution in [2.24, 2.45) is 0 Å². The summed E-state index contributed by atoms with van der Waals surface area (Å²) in [6.45, 7) is 4.14. The van der Waals surface area contributed by atoms with Crippen molar-refractivity contribution in [2.75, 3.05) is 6.54 Å². The molecule has 1 heterocycles. The molecule has 1 aliphatic rings. The zero-order valence-electron chi connectivity index (χ0n) is 12.8. The fourth-order valence-electron chi connectivity index (χ4n) is 3.13. The van der Waals surface area contributed by atoms with Crippen LogP contribution >= 0.6 is 11.3 Å². The molecule has 0 saturated heterocycles. The summed E-state index contributed by atoms with van der Waals surface area (Å²) >= 11 is 1.82. The Morgan fingerprint density at radius 2 is 2.00 bits per heavy atom. The van der Waals surface area contributed by atoms with Crippen molar-refractivity contribution in [2.45, 2.75) is 57.8 Å². The standard InChI is InChI=1S/C18H25NOS/c1-2-11-19-15-7-9-16(10-8-15)20-12-14-13-21-18-6-4-3-5-17(14)18/h3-6,13,15-16,19H,2,7-12H2,1H3. The summed E-state index contributed by atoms with van der Waals surface area (Å²) in [6.07, 6.45) is 6.59. The van der Waals surface area contributed by atoms with E-state index in [2.05, 4.69) is 41.9 Å². The minimum absolute atomic E-state index is 0.448. The van der Waals surface area contributed by atoms with E-state index in [9.17, 15) is 0 Å². The molecule has 3 rings (SSSR count). The van der Waals surface area contributed by atoms with Crippen molar-refractivity contribution in [3.63, 3.8) is 0 Å². The molecule has 0 atom stereocenters. The van der Waals surface area contributed by atoms with Gasteiger partial charge in [-0.15, -0.1) is 11.3 Å². The second-order valence-electron chi connectivity index (χ2n) is 6.00. The monoisotopic (exact) mass is 303 g/mol. The number of fused-ring (bicyclic) bond motifs is 1. The van der Waals surface area contributed by atoms with Crippen LogP contribution in [0.3, 0.4) is 0 Å². The summed E-state index contributed by atoms with van der Waals surface area (Å²) in [5.41, 5.74) is 1.35. The predicted octanol–water partition coefficient (Wildman–Crippen LogP) is 4.73. The first-order valence-electron chi connectivity index (χ1n) is 8.17. The summed E-state index contributed by atoms with van der Waals surface area (Å²) in [7, 11) is 0. The molecule has 3 heteroatoms. The van der Waals surface area contributed by atoms with Crippen LogP contribution in [0.15, 0.2) is 29.6 Å². The second kappa shape index (κ2) is 7.39. The lowest BCUT2D eigenvalue weighted by Crippen LogP contribution is -2.35. The number of benzene rings is 1. The first-order valence-corrected chi connectivity index (χ1v) is 9.05. The summed E-state index contributed by atoms with van der Waals surface area (Å²) in [4.78, 5) is 0. The smallest absolute Gasteiger partial charge is 0.0734 e. The highest BCUT2D eigenvalue weighted by molar-refractivity contribution is 7.17. The van der Waals surface area contributed by atoms with Gasteiger partial charge in [0.1, 0.15) is 0 Å². The molecular formula is C18H25NOS. The van der Waals surface area contributed by atoms with Gasteiger partial charge in [0.25, 0.3) is 0 Å². The minimum atomic E-state index is 0.448. The summed E-state index contributed by atoms with van der Waals surface area (Å²) in [5.74, 6) is 0. The van der Waals surface area contributed by atoms with Gasteiger partial charge >= 0.3 is 0 Å². The highest BCUT2D eigenvalue weighted by Gasteiger charge is 2.21. The number of nitrogens with one attached hydrogen (secondary N) is 1. The lowest BCUT2D eigenvalue weighted by Gasteiger charge is -2.29. The maximum atomic E-state index is 6.17. The summed E-state index contributed by atoms with van der Waals surface area (Å²) < 4.78 is 7.53. The van der Waals surface area contributed by atoms with Crippen molar-refractivity contribution >= 4 is 21.4 Å². The van der Waals surface area contributed by atoms with Gasteiger partial charge < -0.3 is 10.1 Å². The molecule has 0 spiro atoms. The summed E-state index contributed by atoms with van der Waals surface area (Å²) in [6, 6.07) is 9.33. The van der Waals surface area contributed by atoms with Crippen molar-refractivity contribution in [1.29, 1.82) is 0 Å². The minimum Gasteiger partial charge on any atom is -0.373 e. The fraction of sp³-hybridized carbons (Fsp3) is 0.556. The Hall–Kier alpha value is -0.900. The van der Waals surface area contributed by atoms with Crippen LogP contribution < -0.4 is 5.32 Å². The van der Waals surface area contributed by atoms with E-state index in [0.29, 0.717) is 12.1 Å². The molecule has 0 unspecified atom stereocenters. The van der Waals surface area contributed by atoms with Crippen LogP contribution in [0.2, 0.25) is 0 Å². The Morgan fingerprint density at radius 1 is 1.19 bits per heavy atom. The van der Waals surface area contributed by atoms with E-state index in [0.717, 1.165) is 13.2 Å². The average molecular weight is 303 g/mol. The van der Waals surface area contributed by atoms with Crippen LogP contribution in [0.1, 0.15) is 44.6 Å². The van der Waals surface area contributed by atoms with Crippen molar-refractivity contribution < 1.29 is 4.74 Å². The van der Waals surface area contributed by atoms with E-state index in [-0.39, 0.29) is 0 Å². The van der Waals surface area contributed by atoms with E-state index >= 15 is 0 Å². The Labute approximate surface area is 131 Å². The number of thiophene rings is 1. The molecule has 0 radical (unpaired) electrons. The molecule has 0 amide bonds. The molecule has 0 bridgehead atoms. The lowest BCUT2D eigenvalue weighted by molar-refractivity contribution is 0.0120. The molecule has 1 aromatic heterocycles. The number of rotatable bonds is 6.